The van der Waals surface area contributed by atoms with Crippen LogP contribution >= 0.6 is 0 Å². The summed E-state index contributed by atoms with van der Waals surface area (Å²) in [4.78, 5) is 29.0. The SMILES string of the molecule is CC(C)C[C@@H](NC(=O)C(=O)Nc1ccc2ncccc2c1)c1ccccc1. The molecule has 0 aliphatic heterocycles. The molecule has 1 aromatic heterocycles. The van der Waals surface area contributed by atoms with Crippen LogP contribution in [0.1, 0.15) is 31.9 Å². The number of benzene rings is 2. The van der Waals surface area contributed by atoms with Crippen molar-refractivity contribution in [3.05, 3.63) is 72.4 Å². The number of carbonyl (C=O) groups excluding carboxylic acids is 2. The Morgan fingerprint density at radius 3 is 2.48 bits per heavy atom. The average Bonchev–Trinajstić information content (AvgIpc) is 2.67. The van der Waals surface area contributed by atoms with Crippen LogP contribution in [-0.2, 0) is 9.59 Å². The van der Waals surface area contributed by atoms with Crippen molar-refractivity contribution in [2.24, 2.45) is 5.92 Å². The number of aromatic nitrogens is 1. The lowest BCUT2D eigenvalue weighted by Crippen LogP contribution is -2.38. The Kier molecular flexibility index (Phi) is 5.81. The molecule has 0 unspecified atom stereocenters. The Morgan fingerprint density at radius 2 is 1.74 bits per heavy atom. The summed E-state index contributed by atoms with van der Waals surface area (Å²) in [6.45, 7) is 4.18. The fourth-order valence-corrected chi connectivity index (χ4v) is 3.00. The molecule has 2 amide bonds. The average molecular weight is 361 g/mol. The first-order valence-electron chi connectivity index (χ1n) is 9.04. The van der Waals surface area contributed by atoms with Gasteiger partial charge in [-0.05, 0) is 42.2 Å². The summed E-state index contributed by atoms with van der Waals surface area (Å²) in [6, 6.07) is 18.6. The van der Waals surface area contributed by atoms with Crippen molar-refractivity contribution in [1.29, 1.82) is 0 Å². The second-order valence-electron chi connectivity index (χ2n) is 6.93. The zero-order valence-electron chi connectivity index (χ0n) is 15.5. The fraction of sp³-hybridized carbons (Fsp3) is 0.227. The molecule has 0 saturated heterocycles. The van der Waals surface area contributed by atoms with Crippen LogP contribution in [0.5, 0.6) is 0 Å². The maximum absolute atomic E-state index is 12.4. The third-order valence-electron chi connectivity index (χ3n) is 4.28. The normalized spacial score (nSPS) is 12.0. The summed E-state index contributed by atoms with van der Waals surface area (Å²) in [5, 5.41) is 6.42. The van der Waals surface area contributed by atoms with Gasteiger partial charge in [0.1, 0.15) is 0 Å². The molecule has 0 saturated carbocycles. The monoisotopic (exact) mass is 361 g/mol. The Morgan fingerprint density at radius 1 is 0.963 bits per heavy atom. The molecule has 0 radical (unpaired) electrons. The third kappa shape index (κ3) is 4.91. The van der Waals surface area contributed by atoms with Gasteiger partial charge in [0.05, 0.1) is 11.6 Å². The third-order valence-corrected chi connectivity index (χ3v) is 4.28. The standard InChI is InChI=1S/C22H23N3O2/c1-15(2)13-20(16-7-4-3-5-8-16)25-22(27)21(26)24-18-10-11-19-17(14-18)9-6-12-23-19/h3-12,14-15,20H,13H2,1-2H3,(H,24,26)(H,25,27)/t20-/m1/s1. The van der Waals surface area contributed by atoms with Crippen LogP contribution in [0.25, 0.3) is 10.9 Å². The molecule has 5 heteroatoms. The highest BCUT2D eigenvalue weighted by Gasteiger charge is 2.21. The van der Waals surface area contributed by atoms with Crippen molar-refractivity contribution in [2.75, 3.05) is 5.32 Å². The summed E-state index contributed by atoms with van der Waals surface area (Å²) >= 11 is 0. The first-order chi connectivity index (χ1) is 13.0. The van der Waals surface area contributed by atoms with Gasteiger partial charge in [0.15, 0.2) is 0 Å². The molecule has 2 aromatic carbocycles. The molecule has 138 valence electrons. The number of nitrogens with zero attached hydrogens (tertiary/aromatic N) is 1. The number of nitrogens with one attached hydrogen (secondary N) is 2. The van der Waals surface area contributed by atoms with E-state index in [2.05, 4.69) is 29.5 Å². The molecule has 2 N–H and O–H groups in total. The lowest BCUT2D eigenvalue weighted by atomic mass is 9.97. The van der Waals surface area contributed by atoms with E-state index < -0.39 is 11.8 Å². The highest BCUT2D eigenvalue weighted by Crippen LogP contribution is 2.21. The van der Waals surface area contributed by atoms with E-state index in [9.17, 15) is 9.59 Å². The fourth-order valence-electron chi connectivity index (χ4n) is 3.00. The molecule has 3 aromatic rings. The predicted octanol–water partition coefficient (Wildman–Crippen LogP) is 4.08. The van der Waals surface area contributed by atoms with Gasteiger partial charge in [0.25, 0.3) is 0 Å². The van der Waals surface area contributed by atoms with Gasteiger partial charge in [-0.3, -0.25) is 14.6 Å². The largest absolute Gasteiger partial charge is 0.341 e. The first-order valence-corrected chi connectivity index (χ1v) is 9.04. The molecule has 0 spiro atoms. The minimum Gasteiger partial charge on any atom is -0.341 e. The van der Waals surface area contributed by atoms with Crippen LogP contribution in [0.2, 0.25) is 0 Å². The molecule has 0 bridgehead atoms. The smallest absolute Gasteiger partial charge is 0.313 e. The van der Waals surface area contributed by atoms with Crippen molar-refractivity contribution >= 4 is 28.4 Å². The Labute approximate surface area is 158 Å². The molecule has 27 heavy (non-hydrogen) atoms. The minimum absolute atomic E-state index is 0.203. The number of hydrogen-bond donors (Lipinski definition) is 2. The van der Waals surface area contributed by atoms with Gasteiger partial charge in [0.2, 0.25) is 0 Å². The van der Waals surface area contributed by atoms with Gasteiger partial charge in [-0.25, -0.2) is 0 Å². The molecule has 0 aliphatic carbocycles. The van der Waals surface area contributed by atoms with Crippen molar-refractivity contribution in [3.8, 4) is 0 Å². The van der Waals surface area contributed by atoms with Crippen LogP contribution in [-0.4, -0.2) is 16.8 Å². The second-order valence-corrected chi connectivity index (χ2v) is 6.93. The lowest BCUT2D eigenvalue weighted by molar-refractivity contribution is -0.136. The number of amides is 2. The maximum Gasteiger partial charge on any atom is 0.313 e. The molecule has 1 atom stereocenters. The van der Waals surface area contributed by atoms with Gasteiger partial charge < -0.3 is 10.6 Å². The second kappa shape index (κ2) is 8.45. The van der Waals surface area contributed by atoms with Gasteiger partial charge in [-0.2, -0.15) is 0 Å². The highest BCUT2D eigenvalue weighted by molar-refractivity contribution is 6.39. The molecule has 5 nitrogen and oxygen atoms in total. The number of anilines is 1. The minimum atomic E-state index is -0.678. The van der Waals surface area contributed by atoms with Crippen LogP contribution in [0.15, 0.2) is 66.9 Å². The Hall–Kier alpha value is -3.21. The Bertz CT molecular complexity index is 938. The molecule has 0 fully saturated rings. The topological polar surface area (TPSA) is 71.1 Å². The molecular formula is C22H23N3O2. The lowest BCUT2D eigenvalue weighted by Gasteiger charge is -2.21. The van der Waals surface area contributed by atoms with Gasteiger partial charge >= 0.3 is 11.8 Å². The van der Waals surface area contributed by atoms with Gasteiger partial charge in [-0.1, -0.05) is 50.2 Å². The molecule has 1 heterocycles. The van der Waals surface area contributed by atoms with E-state index in [-0.39, 0.29) is 6.04 Å². The van der Waals surface area contributed by atoms with Crippen molar-refractivity contribution in [1.82, 2.24) is 10.3 Å². The van der Waals surface area contributed by atoms with Crippen molar-refractivity contribution in [2.45, 2.75) is 26.3 Å². The number of hydrogen-bond acceptors (Lipinski definition) is 3. The van der Waals surface area contributed by atoms with Crippen molar-refractivity contribution < 1.29 is 9.59 Å². The molecule has 0 aliphatic rings. The van der Waals surface area contributed by atoms with Crippen LogP contribution in [0, 0.1) is 5.92 Å². The number of fused-ring (bicyclic) bond motifs is 1. The highest BCUT2D eigenvalue weighted by atomic mass is 16.2. The van der Waals surface area contributed by atoms with E-state index >= 15 is 0 Å². The van der Waals surface area contributed by atoms with Gasteiger partial charge in [-0.15, -0.1) is 0 Å². The number of carbonyl (C=O) groups is 2. The zero-order chi connectivity index (χ0) is 19.2. The maximum atomic E-state index is 12.4. The van der Waals surface area contributed by atoms with Crippen molar-refractivity contribution in [3.63, 3.8) is 0 Å². The van der Waals surface area contributed by atoms with Gasteiger partial charge in [0, 0.05) is 17.3 Å². The van der Waals surface area contributed by atoms with E-state index in [1.165, 1.54) is 0 Å². The molecular weight excluding hydrogens is 338 g/mol. The Balaban J connectivity index is 1.70. The van der Waals surface area contributed by atoms with Crippen LogP contribution in [0.4, 0.5) is 5.69 Å². The summed E-state index contributed by atoms with van der Waals surface area (Å²) in [5.74, 6) is -0.940. The van der Waals surface area contributed by atoms with E-state index in [1.807, 2.05) is 48.5 Å². The van der Waals surface area contributed by atoms with Crippen LogP contribution < -0.4 is 10.6 Å². The number of rotatable bonds is 5. The summed E-state index contributed by atoms with van der Waals surface area (Å²) in [6.07, 6.45) is 2.47. The van der Waals surface area contributed by atoms with E-state index in [1.54, 1.807) is 18.3 Å². The quantitative estimate of drug-likeness (QED) is 0.673. The van der Waals surface area contributed by atoms with E-state index in [4.69, 9.17) is 0 Å². The summed E-state index contributed by atoms with van der Waals surface area (Å²) in [7, 11) is 0. The van der Waals surface area contributed by atoms with E-state index in [0.29, 0.717) is 11.6 Å². The first kappa shape index (κ1) is 18.6. The summed E-state index contributed by atoms with van der Waals surface area (Å²) < 4.78 is 0. The summed E-state index contributed by atoms with van der Waals surface area (Å²) in [5.41, 5.74) is 2.39. The van der Waals surface area contributed by atoms with Crippen LogP contribution in [0.3, 0.4) is 0 Å². The zero-order valence-corrected chi connectivity index (χ0v) is 15.5. The molecule has 3 rings (SSSR count). The van der Waals surface area contributed by atoms with E-state index in [0.717, 1.165) is 22.9 Å². The number of pyridine rings is 1. The predicted molar refractivity (Wildman–Crippen MR) is 107 cm³/mol.